The Kier molecular flexibility index (Phi) is 5.94. The fourth-order valence-corrected chi connectivity index (χ4v) is 3.89. The van der Waals surface area contributed by atoms with E-state index < -0.39 is 0 Å². The second-order valence-corrected chi connectivity index (χ2v) is 7.79. The predicted octanol–water partition coefficient (Wildman–Crippen LogP) is 5.04. The number of allylic oxidation sites excluding steroid dienone is 1. The molecule has 4 aromatic rings. The fourth-order valence-electron chi connectivity index (χ4n) is 3.00. The summed E-state index contributed by atoms with van der Waals surface area (Å²) in [6.45, 7) is 6.44. The zero-order chi connectivity index (χ0) is 20.9. The van der Waals surface area contributed by atoms with E-state index in [0.717, 1.165) is 27.9 Å². The van der Waals surface area contributed by atoms with Gasteiger partial charge in [-0.2, -0.15) is 0 Å². The molecule has 0 aliphatic heterocycles. The number of para-hydroxylation sites is 1. The number of ether oxygens (including phenoxy) is 1. The summed E-state index contributed by atoms with van der Waals surface area (Å²) in [6, 6.07) is 17.4. The number of hydrogen-bond donors (Lipinski definition) is 0. The third-order valence-corrected chi connectivity index (χ3v) is 5.54. The summed E-state index contributed by atoms with van der Waals surface area (Å²) in [6.07, 6.45) is 1.82. The van der Waals surface area contributed by atoms with Gasteiger partial charge < -0.3 is 9.15 Å². The van der Waals surface area contributed by atoms with Crippen molar-refractivity contribution in [3.05, 3.63) is 73.1 Å². The van der Waals surface area contributed by atoms with Crippen LogP contribution in [0.15, 0.2) is 76.8 Å². The van der Waals surface area contributed by atoms with Crippen molar-refractivity contribution in [1.82, 2.24) is 25.0 Å². The first kappa shape index (κ1) is 19.9. The molecule has 0 spiro atoms. The van der Waals surface area contributed by atoms with E-state index in [2.05, 4.69) is 27.0 Å². The van der Waals surface area contributed by atoms with E-state index in [1.807, 2.05) is 72.2 Å². The summed E-state index contributed by atoms with van der Waals surface area (Å²) in [4.78, 5) is 0. The normalized spacial score (nSPS) is 11.9. The number of thioether (sulfide) groups is 1. The van der Waals surface area contributed by atoms with Crippen LogP contribution in [0.5, 0.6) is 5.75 Å². The molecule has 0 amide bonds. The molecular weight excluding hydrogens is 398 g/mol. The molecule has 2 aromatic heterocycles. The number of methoxy groups -OCH3 is 1. The van der Waals surface area contributed by atoms with Gasteiger partial charge in [-0.05, 0) is 31.2 Å². The van der Waals surface area contributed by atoms with Crippen LogP contribution >= 0.6 is 11.8 Å². The molecule has 0 saturated carbocycles. The van der Waals surface area contributed by atoms with Crippen molar-refractivity contribution in [2.24, 2.45) is 0 Å². The summed E-state index contributed by atoms with van der Waals surface area (Å²) in [5, 5.41) is 17.8. The lowest BCUT2D eigenvalue weighted by atomic mass is 10.2. The molecule has 30 heavy (non-hydrogen) atoms. The summed E-state index contributed by atoms with van der Waals surface area (Å²) in [5.74, 6) is 2.49. The minimum atomic E-state index is -0.103. The molecule has 0 bridgehead atoms. The zero-order valence-electron chi connectivity index (χ0n) is 16.7. The van der Waals surface area contributed by atoms with Gasteiger partial charge in [-0.15, -0.1) is 27.0 Å². The Bertz CT molecular complexity index is 1140. The molecule has 0 unspecified atom stereocenters. The SMILES string of the molecule is C=CCn1c(S[C@@H](C)c2nnc(-c3ccccc3)o2)nnc1-c1ccccc1OC. The molecular formula is C22H21N5O2S. The second kappa shape index (κ2) is 8.96. The molecule has 0 fully saturated rings. The Balaban J connectivity index is 1.61. The van der Waals surface area contributed by atoms with Crippen molar-refractivity contribution in [3.63, 3.8) is 0 Å². The van der Waals surface area contributed by atoms with Gasteiger partial charge in [0, 0.05) is 12.1 Å². The minimum absolute atomic E-state index is 0.103. The maximum absolute atomic E-state index is 5.89. The van der Waals surface area contributed by atoms with E-state index in [4.69, 9.17) is 9.15 Å². The average molecular weight is 420 g/mol. The van der Waals surface area contributed by atoms with E-state index in [9.17, 15) is 0 Å². The highest BCUT2D eigenvalue weighted by Gasteiger charge is 2.22. The van der Waals surface area contributed by atoms with Crippen molar-refractivity contribution in [3.8, 4) is 28.6 Å². The number of benzene rings is 2. The lowest BCUT2D eigenvalue weighted by Crippen LogP contribution is -2.02. The van der Waals surface area contributed by atoms with Gasteiger partial charge in [0.1, 0.15) is 5.75 Å². The Morgan fingerprint density at radius 2 is 1.83 bits per heavy atom. The van der Waals surface area contributed by atoms with Gasteiger partial charge in [0.05, 0.1) is 17.9 Å². The van der Waals surface area contributed by atoms with Crippen LogP contribution in [0, 0.1) is 0 Å². The van der Waals surface area contributed by atoms with Crippen LogP contribution in [0.2, 0.25) is 0 Å². The maximum Gasteiger partial charge on any atom is 0.247 e. The monoisotopic (exact) mass is 419 g/mol. The molecule has 2 heterocycles. The van der Waals surface area contributed by atoms with E-state index in [-0.39, 0.29) is 5.25 Å². The first-order valence-corrected chi connectivity index (χ1v) is 10.3. The van der Waals surface area contributed by atoms with Crippen LogP contribution in [0.1, 0.15) is 18.1 Å². The van der Waals surface area contributed by atoms with Crippen LogP contribution in [-0.4, -0.2) is 32.1 Å². The first-order valence-electron chi connectivity index (χ1n) is 9.44. The van der Waals surface area contributed by atoms with Gasteiger partial charge in [-0.3, -0.25) is 4.57 Å². The van der Waals surface area contributed by atoms with Crippen molar-refractivity contribution < 1.29 is 9.15 Å². The van der Waals surface area contributed by atoms with E-state index in [0.29, 0.717) is 18.3 Å². The third-order valence-electron chi connectivity index (χ3n) is 4.47. The highest BCUT2D eigenvalue weighted by atomic mass is 32.2. The van der Waals surface area contributed by atoms with E-state index in [1.165, 1.54) is 11.8 Å². The average Bonchev–Trinajstić information content (AvgIpc) is 3.43. The highest BCUT2D eigenvalue weighted by molar-refractivity contribution is 7.99. The fraction of sp³-hybridized carbons (Fsp3) is 0.182. The number of rotatable bonds is 8. The van der Waals surface area contributed by atoms with Gasteiger partial charge in [-0.1, -0.05) is 48.2 Å². The van der Waals surface area contributed by atoms with Crippen molar-refractivity contribution >= 4 is 11.8 Å². The molecule has 0 N–H and O–H groups in total. The predicted molar refractivity (Wildman–Crippen MR) is 116 cm³/mol. The first-order chi connectivity index (χ1) is 14.7. The molecule has 4 rings (SSSR count). The van der Waals surface area contributed by atoms with Crippen LogP contribution in [-0.2, 0) is 6.54 Å². The summed E-state index contributed by atoms with van der Waals surface area (Å²) in [7, 11) is 1.64. The standard InChI is InChI=1S/C22H21N5O2S/c1-4-14-27-19(17-12-8-9-13-18(17)28-3)23-26-22(27)30-15(2)20-24-25-21(29-20)16-10-6-5-7-11-16/h4-13,15H,1,14H2,2-3H3/t15-/m0/s1. The maximum atomic E-state index is 5.89. The third kappa shape index (κ3) is 3.99. The van der Waals surface area contributed by atoms with E-state index in [1.54, 1.807) is 7.11 Å². The molecule has 0 aliphatic carbocycles. The van der Waals surface area contributed by atoms with Crippen molar-refractivity contribution in [2.75, 3.05) is 7.11 Å². The minimum Gasteiger partial charge on any atom is -0.496 e. The summed E-state index contributed by atoms with van der Waals surface area (Å²) in [5.41, 5.74) is 1.76. The van der Waals surface area contributed by atoms with Gasteiger partial charge >= 0.3 is 0 Å². The molecule has 2 aromatic carbocycles. The van der Waals surface area contributed by atoms with Gasteiger partial charge in [0.2, 0.25) is 11.8 Å². The summed E-state index contributed by atoms with van der Waals surface area (Å²) < 4.78 is 13.4. The van der Waals surface area contributed by atoms with Gasteiger partial charge in [-0.25, -0.2) is 0 Å². The second-order valence-electron chi connectivity index (χ2n) is 6.48. The van der Waals surface area contributed by atoms with Crippen LogP contribution in [0.3, 0.4) is 0 Å². The van der Waals surface area contributed by atoms with Crippen LogP contribution in [0.25, 0.3) is 22.8 Å². The van der Waals surface area contributed by atoms with Crippen molar-refractivity contribution in [1.29, 1.82) is 0 Å². The van der Waals surface area contributed by atoms with Gasteiger partial charge in [0.25, 0.3) is 0 Å². The molecule has 8 heteroatoms. The Morgan fingerprint density at radius 1 is 1.07 bits per heavy atom. The molecule has 152 valence electrons. The Labute approximate surface area is 178 Å². The molecule has 0 radical (unpaired) electrons. The zero-order valence-corrected chi connectivity index (χ0v) is 17.5. The van der Waals surface area contributed by atoms with Gasteiger partial charge in [0.15, 0.2) is 11.0 Å². The quantitative estimate of drug-likeness (QED) is 0.292. The lowest BCUT2D eigenvalue weighted by Gasteiger charge is -2.11. The molecule has 1 atom stereocenters. The highest BCUT2D eigenvalue weighted by Crippen LogP contribution is 2.37. The number of nitrogens with zero attached hydrogens (tertiary/aromatic N) is 5. The Morgan fingerprint density at radius 3 is 2.60 bits per heavy atom. The topological polar surface area (TPSA) is 78.9 Å². The molecule has 0 saturated heterocycles. The Hall–Kier alpha value is -3.39. The van der Waals surface area contributed by atoms with E-state index >= 15 is 0 Å². The van der Waals surface area contributed by atoms with Crippen molar-refractivity contribution in [2.45, 2.75) is 23.9 Å². The summed E-state index contributed by atoms with van der Waals surface area (Å²) >= 11 is 1.51. The van der Waals surface area contributed by atoms with Crippen LogP contribution in [0.4, 0.5) is 0 Å². The molecule has 7 nitrogen and oxygen atoms in total. The lowest BCUT2D eigenvalue weighted by molar-refractivity contribution is 0.416. The number of hydrogen-bond acceptors (Lipinski definition) is 7. The molecule has 0 aliphatic rings. The smallest absolute Gasteiger partial charge is 0.247 e. The largest absolute Gasteiger partial charge is 0.496 e. The number of aromatic nitrogens is 5. The van der Waals surface area contributed by atoms with Crippen LogP contribution < -0.4 is 4.74 Å².